The number of benzene rings is 2. The fraction of sp³-hybridized carbons (Fsp3) is 0.333. The molecule has 27 heavy (non-hydrogen) atoms. The third kappa shape index (κ3) is 7.60. The number of hydrogen-bond acceptors (Lipinski definition) is 4. The Bertz CT molecular complexity index is 687. The molecule has 0 aliphatic carbocycles. The van der Waals surface area contributed by atoms with Crippen molar-refractivity contribution in [3.05, 3.63) is 59.7 Å². The molecule has 2 N–H and O–H groups in total. The lowest BCUT2D eigenvalue weighted by atomic mass is 10.0. The van der Waals surface area contributed by atoms with Crippen LogP contribution in [0, 0.1) is 0 Å². The van der Waals surface area contributed by atoms with E-state index in [2.05, 4.69) is 10.6 Å². The standard InChI is InChI=1S/C21H28N4O2/c1-24(2)14-20(26)22-18-9-5-16(6-10-18)13-17-7-11-19(12-8-17)23-21(27)15-25(3)4/h5-12H,13-15H2,1-4H3,(H,22,26)(H,23,27). The van der Waals surface area contributed by atoms with Gasteiger partial charge in [-0.3, -0.25) is 9.59 Å². The van der Waals surface area contributed by atoms with E-state index in [-0.39, 0.29) is 11.8 Å². The van der Waals surface area contributed by atoms with Gasteiger partial charge in [0.2, 0.25) is 11.8 Å². The highest BCUT2D eigenvalue weighted by molar-refractivity contribution is 5.92. The predicted octanol–water partition coefficient (Wildman–Crippen LogP) is 2.28. The number of nitrogens with zero attached hydrogens (tertiary/aromatic N) is 2. The smallest absolute Gasteiger partial charge is 0.238 e. The Hall–Kier alpha value is -2.70. The number of carbonyl (C=O) groups is 2. The minimum Gasteiger partial charge on any atom is -0.325 e. The monoisotopic (exact) mass is 368 g/mol. The summed E-state index contributed by atoms with van der Waals surface area (Å²) in [6, 6.07) is 15.7. The molecule has 0 bridgehead atoms. The Morgan fingerprint density at radius 3 is 1.30 bits per heavy atom. The van der Waals surface area contributed by atoms with Crippen molar-refractivity contribution in [1.29, 1.82) is 0 Å². The van der Waals surface area contributed by atoms with Crippen LogP contribution in [0.25, 0.3) is 0 Å². The van der Waals surface area contributed by atoms with E-state index in [9.17, 15) is 9.59 Å². The minimum atomic E-state index is -0.0281. The Morgan fingerprint density at radius 2 is 1.00 bits per heavy atom. The summed E-state index contributed by atoms with van der Waals surface area (Å²) >= 11 is 0. The molecule has 0 spiro atoms. The first kappa shape index (κ1) is 20.6. The maximum Gasteiger partial charge on any atom is 0.238 e. The first-order valence-electron chi connectivity index (χ1n) is 8.89. The summed E-state index contributed by atoms with van der Waals surface area (Å²) in [7, 11) is 7.45. The van der Waals surface area contributed by atoms with Crippen LogP contribution in [0.4, 0.5) is 11.4 Å². The maximum absolute atomic E-state index is 11.8. The van der Waals surface area contributed by atoms with Crippen LogP contribution in [0.1, 0.15) is 11.1 Å². The number of anilines is 2. The van der Waals surface area contributed by atoms with Crippen LogP contribution in [-0.2, 0) is 16.0 Å². The Labute approximate surface area is 161 Å². The third-order valence-corrected chi connectivity index (χ3v) is 3.80. The van der Waals surface area contributed by atoms with E-state index in [1.165, 1.54) is 0 Å². The van der Waals surface area contributed by atoms with E-state index in [1.54, 1.807) is 0 Å². The van der Waals surface area contributed by atoms with Gasteiger partial charge in [0, 0.05) is 11.4 Å². The first-order valence-corrected chi connectivity index (χ1v) is 8.89. The van der Waals surface area contributed by atoms with Crippen LogP contribution in [0.2, 0.25) is 0 Å². The second-order valence-electron chi connectivity index (χ2n) is 7.14. The summed E-state index contributed by atoms with van der Waals surface area (Å²) in [5.74, 6) is -0.0562. The lowest BCUT2D eigenvalue weighted by Gasteiger charge is -2.11. The zero-order chi connectivity index (χ0) is 19.8. The molecule has 2 amide bonds. The van der Waals surface area contributed by atoms with Crippen LogP contribution >= 0.6 is 0 Å². The highest BCUT2D eigenvalue weighted by Crippen LogP contribution is 2.16. The molecule has 2 aromatic rings. The van der Waals surface area contributed by atoms with Gasteiger partial charge in [-0.05, 0) is 70.0 Å². The molecular formula is C21H28N4O2. The maximum atomic E-state index is 11.8. The van der Waals surface area contributed by atoms with E-state index >= 15 is 0 Å². The van der Waals surface area contributed by atoms with Crippen molar-refractivity contribution in [1.82, 2.24) is 9.80 Å². The van der Waals surface area contributed by atoms with Crippen molar-refractivity contribution in [2.24, 2.45) is 0 Å². The fourth-order valence-electron chi connectivity index (χ4n) is 2.62. The molecular weight excluding hydrogens is 340 g/mol. The molecule has 0 unspecified atom stereocenters. The van der Waals surface area contributed by atoms with Crippen LogP contribution in [-0.4, -0.2) is 62.9 Å². The molecule has 0 saturated heterocycles. The highest BCUT2D eigenvalue weighted by atomic mass is 16.2. The average molecular weight is 368 g/mol. The van der Waals surface area contributed by atoms with Crippen molar-refractivity contribution < 1.29 is 9.59 Å². The van der Waals surface area contributed by atoms with E-state index in [0.29, 0.717) is 13.1 Å². The first-order chi connectivity index (χ1) is 12.8. The van der Waals surface area contributed by atoms with Gasteiger partial charge in [0.25, 0.3) is 0 Å². The Morgan fingerprint density at radius 1 is 0.667 bits per heavy atom. The number of likely N-dealkylation sites (N-methyl/N-ethyl adjacent to an activating group) is 2. The zero-order valence-electron chi connectivity index (χ0n) is 16.5. The second kappa shape index (κ2) is 9.85. The molecule has 2 aromatic carbocycles. The molecule has 0 aliphatic rings. The lowest BCUT2D eigenvalue weighted by molar-refractivity contribution is -0.117. The number of hydrogen-bond donors (Lipinski definition) is 2. The summed E-state index contributed by atoms with van der Waals surface area (Å²) in [5, 5.41) is 5.76. The molecule has 0 aromatic heterocycles. The van der Waals surface area contributed by atoms with Crippen LogP contribution < -0.4 is 10.6 Å². The van der Waals surface area contributed by atoms with Crippen molar-refractivity contribution >= 4 is 23.2 Å². The summed E-state index contributed by atoms with van der Waals surface area (Å²) in [6.07, 6.45) is 0.790. The predicted molar refractivity (Wildman–Crippen MR) is 110 cm³/mol. The van der Waals surface area contributed by atoms with E-state index < -0.39 is 0 Å². The van der Waals surface area contributed by atoms with Gasteiger partial charge in [-0.15, -0.1) is 0 Å². The second-order valence-corrected chi connectivity index (χ2v) is 7.14. The van der Waals surface area contributed by atoms with Gasteiger partial charge in [0.15, 0.2) is 0 Å². The van der Waals surface area contributed by atoms with Gasteiger partial charge in [-0.2, -0.15) is 0 Å². The van der Waals surface area contributed by atoms with Crippen molar-refractivity contribution in [3.63, 3.8) is 0 Å². The van der Waals surface area contributed by atoms with Gasteiger partial charge in [-0.25, -0.2) is 0 Å². The molecule has 144 valence electrons. The largest absolute Gasteiger partial charge is 0.325 e. The van der Waals surface area contributed by atoms with Gasteiger partial charge in [0.1, 0.15) is 0 Å². The van der Waals surface area contributed by atoms with E-state index in [0.717, 1.165) is 28.9 Å². The Kier molecular flexibility index (Phi) is 7.52. The molecule has 2 rings (SSSR count). The number of carbonyl (C=O) groups excluding carboxylic acids is 2. The SMILES string of the molecule is CN(C)CC(=O)Nc1ccc(Cc2ccc(NC(=O)CN(C)C)cc2)cc1. The van der Waals surface area contributed by atoms with Gasteiger partial charge in [0.05, 0.1) is 13.1 Å². The minimum absolute atomic E-state index is 0.0281. The van der Waals surface area contributed by atoms with Crippen molar-refractivity contribution in [2.45, 2.75) is 6.42 Å². The van der Waals surface area contributed by atoms with Gasteiger partial charge < -0.3 is 20.4 Å². The summed E-state index contributed by atoms with van der Waals surface area (Å²) in [5.41, 5.74) is 3.91. The quantitative estimate of drug-likeness (QED) is 0.750. The van der Waals surface area contributed by atoms with Gasteiger partial charge in [-0.1, -0.05) is 24.3 Å². The molecule has 0 saturated carbocycles. The summed E-state index contributed by atoms with van der Waals surface area (Å²) in [4.78, 5) is 27.2. The Balaban J connectivity index is 1.89. The van der Waals surface area contributed by atoms with Crippen molar-refractivity contribution in [2.75, 3.05) is 51.9 Å². The third-order valence-electron chi connectivity index (χ3n) is 3.80. The van der Waals surface area contributed by atoms with E-state index in [4.69, 9.17) is 0 Å². The van der Waals surface area contributed by atoms with Gasteiger partial charge >= 0.3 is 0 Å². The number of rotatable bonds is 8. The molecule has 0 heterocycles. The van der Waals surface area contributed by atoms with Crippen LogP contribution in [0.3, 0.4) is 0 Å². The molecule has 0 aliphatic heterocycles. The van der Waals surface area contributed by atoms with Crippen LogP contribution in [0.15, 0.2) is 48.5 Å². The van der Waals surface area contributed by atoms with Crippen LogP contribution in [0.5, 0.6) is 0 Å². The zero-order valence-corrected chi connectivity index (χ0v) is 16.5. The fourth-order valence-corrected chi connectivity index (χ4v) is 2.62. The van der Waals surface area contributed by atoms with Crippen molar-refractivity contribution in [3.8, 4) is 0 Å². The topological polar surface area (TPSA) is 64.7 Å². The molecule has 0 atom stereocenters. The lowest BCUT2D eigenvalue weighted by Crippen LogP contribution is -2.27. The number of nitrogens with one attached hydrogen (secondary N) is 2. The molecule has 0 radical (unpaired) electrons. The number of amides is 2. The molecule has 6 nitrogen and oxygen atoms in total. The van der Waals surface area contributed by atoms with E-state index in [1.807, 2.05) is 86.5 Å². The summed E-state index contributed by atoms with van der Waals surface area (Å²) in [6.45, 7) is 0.721. The molecule has 0 fully saturated rings. The summed E-state index contributed by atoms with van der Waals surface area (Å²) < 4.78 is 0. The normalized spacial score (nSPS) is 10.9. The molecule has 6 heteroatoms. The average Bonchev–Trinajstić information content (AvgIpc) is 2.57. The highest BCUT2D eigenvalue weighted by Gasteiger charge is 2.05.